The van der Waals surface area contributed by atoms with Crippen molar-refractivity contribution in [1.29, 1.82) is 0 Å². The average molecular weight is 270 g/mol. The van der Waals surface area contributed by atoms with Crippen molar-refractivity contribution >= 4 is 17.2 Å². The smallest absolute Gasteiger partial charge is 0.234 e. The van der Waals surface area contributed by atoms with Crippen LogP contribution >= 0.6 is 11.3 Å². The van der Waals surface area contributed by atoms with Crippen LogP contribution in [0.4, 0.5) is 0 Å². The molecule has 18 heavy (non-hydrogen) atoms. The molecule has 1 unspecified atom stereocenters. The Labute approximate surface area is 113 Å². The van der Waals surface area contributed by atoms with Crippen molar-refractivity contribution in [1.82, 2.24) is 10.6 Å². The highest BCUT2D eigenvalue weighted by atomic mass is 32.1. The van der Waals surface area contributed by atoms with Crippen LogP contribution in [0.2, 0.25) is 0 Å². The van der Waals surface area contributed by atoms with Crippen LogP contribution in [0.5, 0.6) is 0 Å². The van der Waals surface area contributed by atoms with Gasteiger partial charge in [-0.25, -0.2) is 0 Å². The van der Waals surface area contributed by atoms with E-state index in [1.807, 2.05) is 6.92 Å². The summed E-state index contributed by atoms with van der Waals surface area (Å²) in [7, 11) is 1.65. The first kappa shape index (κ1) is 15.1. The molecule has 1 amide bonds. The van der Waals surface area contributed by atoms with Crippen LogP contribution in [-0.2, 0) is 16.0 Å². The van der Waals surface area contributed by atoms with Gasteiger partial charge in [0.25, 0.3) is 0 Å². The topological polar surface area (TPSA) is 50.4 Å². The third-order valence-electron chi connectivity index (χ3n) is 2.48. The molecular weight excluding hydrogens is 248 g/mol. The molecule has 2 N–H and O–H groups in total. The molecule has 102 valence electrons. The van der Waals surface area contributed by atoms with Crippen molar-refractivity contribution in [2.45, 2.75) is 26.3 Å². The van der Waals surface area contributed by atoms with Crippen molar-refractivity contribution in [2.24, 2.45) is 0 Å². The summed E-state index contributed by atoms with van der Waals surface area (Å²) < 4.78 is 4.89. The Morgan fingerprint density at radius 1 is 1.50 bits per heavy atom. The fraction of sp³-hybridized carbons (Fsp3) is 0.615. The van der Waals surface area contributed by atoms with Gasteiger partial charge in [-0.1, -0.05) is 0 Å². The molecule has 0 aromatic carbocycles. The molecular formula is C13H22N2O2S. The number of methoxy groups -OCH3 is 1. The fourth-order valence-corrected chi connectivity index (χ4v) is 2.67. The molecule has 0 bridgehead atoms. The number of aryl methyl sites for hydroxylation is 1. The monoisotopic (exact) mass is 270 g/mol. The average Bonchev–Trinajstić information content (AvgIpc) is 2.70. The van der Waals surface area contributed by atoms with Crippen LogP contribution in [-0.4, -0.2) is 38.8 Å². The number of hydrogen-bond donors (Lipinski definition) is 2. The van der Waals surface area contributed by atoms with E-state index in [1.165, 1.54) is 9.75 Å². The minimum atomic E-state index is 0.0341. The summed E-state index contributed by atoms with van der Waals surface area (Å²) in [5.41, 5.74) is 0. The van der Waals surface area contributed by atoms with Crippen LogP contribution in [0, 0.1) is 6.92 Å². The molecule has 1 heterocycles. The van der Waals surface area contributed by atoms with Gasteiger partial charge < -0.3 is 15.4 Å². The van der Waals surface area contributed by atoms with Crippen molar-refractivity contribution in [2.75, 3.05) is 26.8 Å². The Hall–Kier alpha value is -0.910. The molecule has 0 fully saturated rings. The van der Waals surface area contributed by atoms with Gasteiger partial charge in [0.15, 0.2) is 0 Å². The van der Waals surface area contributed by atoms with Gasteiger partial charge in [-0.2, -0.15) is 0 Å². The lowest BCUT2D eigenvalue weighted by Gasteiger charge is -2.13. The number of nitrogens with one attached hydrogen (secondary N) is 2. The van der Waals surface area contributed by atoms with E-state index in [1.54, 1.807) is 18.4 Å². The van der Waals surface area contributed by atoms with Gasteiger partial charge >= 0.3 is 0 Å². The zero-order chi connectivity index (χ0) is 13.4. The number of amides is 1. The van der Waals surface area contributed by atoms with E-state index >= 15 is 0 Å². The number of carbonyl (C=O) groups is 1. The standard InChI is InChI=1S/C13H22N2O2S/c1-10(8-12-5-4-11(2)18-12)15-13(16)9-14-6-7-17-3/h4-5,10,14H,6-9H2,1-3H3,(H,15,16). The maximum Gasteiger partial charge on any atom is 0.234 e. The van der Waals surface area contributed by atoms with Gasteiger partial charge in [0, 0.05) is 35.9 Å². The lowest BCUT2D eigenvalue weighted by atomic mass is 10.2. The zero-order valence-electron chi connectivity index (χ0n) is 11.3. The molecule has 1 rings (SSSR count). The van der Waals surface area contributed by atoms with Gasteiger partial charge in [-0.3, -0.25) is 4.79 Å². The number of ether oxygens (including phenoxy) is 1. The number of thiophene rings is 1. The minimum Gasteiger partial charge on any atom is -0.383 e. The van der Waals surface area contributed by atoms with Gasteiger partial charge in [0.05, 0.1) is 13.2 Å². The summed E-state index contributed by atoms with van der Waals surface area (Å²) in [6.45, 7) is 5.79. The molecule has 1 atom stereocenters. The lowest BCUT2D eigenvalue weighted by Crippen LogP contribution is -2.40. The third-order valence-corrected chi connectivity index (χ3v) is 3.50. The second kappa shape index (κ2) is 8.24. The minimum absolute atomic E-state index is 0.0341. The van der Waals surface area contributed by atoms with Crippen LogP contribution in [0.1, 0.15) is 16.7 Å². The van der Waals surface area contributed by atoms with Crippen molar-refractivity contribution in [3.05, 3.63) is 21.9 Å². The molecule has 1 aromatic heterocycles. The Kier molecular flexibility index (Phi) is 6.93. The summed E-state index contributed by atoms with van der Waals surface area (Å²) in [4.78, 5) is 14.2. The van der Waals surface area contributed by atoms with Crippen LogP contribution < -0.4 is 10.6 Å². The second-order valence-electron chi connectivity index (χ2n) is 4.35. The maximum absolute atomic E-state index is 11.6. The highest BCUT2D eigenvalue weighted by Gasteiger charge is 2.08. The van der Waals surface area contributed by atoms with Crippen molar-refractivity contribution in [3.63, 3.8) is 0 Å². The Morgan fingerprint density at radius 2 is 2.28 bits per heavy atom. The molecule has 0 saturated heterocycles. The predicted octanol–water partition coefficient (Wildman–Crippen LogP) is 1.34. The van der Waals surface area contributed by atoms with Crippen LogP contribution in [0.3, 0.4) is 0 Å². The number of rotatable bonds is 8. The van der Waals surface area contributed by atoms with Crippen molar-refractivity contribution in [3.8, 4) is 0 Å². The summed E-state index contributed by atoms with van der Waals surface area (Å²) >= 11 is 1.78. The number of carbonyl (C=O) groups excluding carboxylic acids is 1. The summed E-state index contributed by atoms with van der Waals surface area (Å²) in [6.07, 6.45) is 0.891. The zero-order valence-corrected chi connectivity index (χ0v) is 12.1. The van der Waals surface area contributed by atoms with Crippen LogP contribution in [0.25, 0.3) is 0 Å². The Balaban J connectivity index is 2.19. The summed E-state index contributed by atoms with van der Waals surface area (Å²) in [5.74, 6) is 0.0341. The molecule has 0 spiro atoms. The molecule has 0 radical (unpaired) electrons. The fourth-order valence-electron chi connectivity index (χ4n) is 1.65. The molecule has 4 nitrogen and oxygen atoms in total. The van der Waals surface area contributed by atoms with Gasteiger partial charge in [0.1, 0.15) is 0 Å². The molecule has 0 aliphatic carbocycles. The second-order valence-corrected chi connectivity index (χ2v) is 5.73. The first-order valence-corrected chi connectivity index (χ1v) is 6.97. The first-order valence-electron chi connectivity index (χ1n) is 6.16. The highest BCUT2D eigenvalue weighted by molar-refractivity contribution is 7.11. The van der Waals surface area contributed by atoms with E-state index < -0.39 is 0 Å². The van der Waals surface area contributed by atoms with Crippen molar-refractivity contribution < 1.29 is 9.53 Å². The lowest BCUT2D eigenvalue weighted by molar-refractivity contribution is -0.120. The van der Waals surface area contributed by atoms with E-state index in [4.69, 9.17) is 4.74 Å². The highest BCUT2D eigenvalue weighted by Crippen LogP contribution is 2.16. The Bertz CT molecular complexity index is 366. The SMILES string of the molecule is COCCNCC(=O)NC(C)Cc1ccc(C)s1. The molecule has 0 saturated carbocycles. The van der Waals surface area contributed by atoms with Gasteiger partial charge in [0.2, 0.25) is 5.91 Å². The van der Waals surface area contributed by atoms with E-state index in [9.17, 15) is 4.79 Å². The van der Waals surface area contributed by atoms with Gasteiger partial charge in [-0.15, -0.1) is 11.3 Å². The normalized spacial score (nSPS) is 12.4. The molecule has 0 aliphatic rings. The Morgan fingerprint density at radius 3 is 2.89 bits per heavy atom. The van der Waals surface area contributed by atoms with E-state index in [2.05, 4.69) is 29.7 Å². The number of hydrogen-bond acceptors (Lipinski definition) is 4. The summed E-state index contributed by atoms with van der Waals surface area (Å²) in [6, 6.07) is 4.40. The largest absolute Gasteiger partial charge is 0.383 e. The van der Waals surface area contributed by atoms with Gasteiger partial charge in [-0.05, 0) is 26.0 Å². The van der Waals surface area contributed by atoms with E-state index in [0.717, 1.165) is 6.42 Å². The molecule has 1 aromatic rings. The maximum atomic E-state index is 11.6. The van der Waals surface area contributed by atoms with E-state index in [-0.39, 0.29) is 11.9 Å². The molecule has 0 aliphatic heterocycles. The predicted molar refractivity (Wildman–Crippen MR) is 75.1 cm³/mol. The summed E-state index contributed by atoms with van der Waals surface area (Å²) in [5, 5.41) is 6.00. The third kappa shape index (κ3) is 6.14. The quantitative estimate of drug-likeness (QED) is 0.701. The van der Waals surface area contributed by atoms with Crippen LogP contribution in [0.15, 0.2) is 12.1 Å². The first-order chi connectivity index (χ1) is 8.61. The molecule has 5 heteroatoms. The van der Waals surface area contributed by atoms with E-state index in [0.29, 0.717) is 19.7 Å².